The van der Waals surface area contributed by atoms with Gasteiger partial charge in [0.05, 0.1) is 13.2 Å². The Morgan fingerprint density at radius 3 is 1.67 bits per heavy atom. The van der Waals surface area contributed by atoms with Crippen molar-refractivity contribution >= 4 is 11.6 Å². The number of nitrogens with one attached hydrogen (secondary N) is 1. The molecule has 0 fully saturated rings. The molecule has 2 aromatic rings. The maximum absolute atomic E-state index is 12.4. The molecule has 4 heteroatoms. The van der Waals surface area contributed by atoms with Crippen LogP contribution in [0.4, 0.5) is 5.69 Å². The zero-order valence-corrected chi connectivity index (χ0v) is 16.8. The summed E-state index contributed by atoms with van der Waals surface area (Å²) in [6.07, 6.45) is 2.04. The lowest BCUT2D eigenvalue weighted by molar-refractivity contribution is 0.102. The molecule has 0 atom stereocenters. The highest BCUT2D eigenvalue weighted by molar-refractivity contribution is 6.04. The van der Waals surface area contributed by atoms with Crippen molar-refractivity contribution in [2.75, 3.05) is 18.5 Å². The fourth-order valence-electron chi connectivity index (χ4n) is 2.37. The van der Waals surface area contributed by atoms with E-state index < -0.39 is 0 Å². The SMILES string of the molecule is CC(C)CCOc1ccc(NC(=O)c2ccc(OCCC(C)C)cc2)cc1. The first kappa shape index (κ1) is 20.8. The molecule has 4 nitrogen and oxygen atoms in total. The molecule has 0 unspecified atom stereocenters. The Hall–Kier alpha value is -2.49. The summed E-state index contributed by atoms with van der Waals surface area (Å²) >= 11 is 0. The monoisotopic (exact) mass is 369 g/mol. The molecule has 0 aliphatic carbocycles. The summed E-state index contributed by atoms with van der Waals surface area (Å²) in [5.41, 5.74) is 1.34. The molecule has 27 heavy (non-hydrogen) atoms. The van der Waals surface area contributed by atoms with Gasteiger partial charge in [0.25, 0.3) is 5.91 Å². The van der Waals surface area contributed by atoms with Crippen molar-refractivity contribution in [2.24, 2.45) is 11.8 Å². The van der Waals surface area contributed by atoms with Gasteiger partial charge in [-0.25, -0.2) is 0 Å². The van der Waals surface area contributed by atoms with Crippen LogP contribution in [0.3, 0.4) is 0 Å². The molecule has 0 aliphatic rings. The Bertz CT molecular complexity index is 691. The summed E-state index contributed by atoms with van der Waals surface area (Å²) in [4.78, 5) is 12.4. The molecule has 1 N–H and O–H groups in total. The predicted octanol–water partition coefficient (Wildman–Crippen LogP) is 5.79. The standard InChI is InChI=1S/C23H31NO3/c1-17(2)13-15-26-21-9-5-19(6-10-21)23(25)24-20-7-11-22(12-8-20)27-16-14-18(3)4/h5-12,17-18H,13-16H2,1-4H3,(H,24,25). The molecule has 0 spiro atoms. The number of anilines is 1. The number of amides is 1. The van der Waals surface area contributed by atoms with Gasteiger partial charge in [-0.3, -0.25) is 4.79 Å². The molecular weight excluding hydrogens is 338 g/mol. The van der Waals surface area contributed by atoms with Crippen LogP contribution in [0.1, 0.15) is 50.9 Å². The Kier molecular flexibility index (Phi) is 8.18. The van der Waals surface area contributed by atoms with Crippen LogP contribution in [0.15, 0.2) is 48.5 Å². The number of benzene rings is 2. The fourth-order valence-corrected chi connectivity index (χ4v) is 2.37. The minimum atomic E-state index is -0.141. The first-order valence-electron chi connectivity index (χ1n) is 9.71. The minimum Gasteiger partial charge on any atom is -0.494 e. The second kappa shape index (κ2) is 10.6. The van der Waals surface area contributed by atoms with Crippen LogP contribution in [0.2, 0.25) is 0 Å². The van der Waals surface area contributed by atoms with Crippen LogP contribution in [0.25, 0.3) is 0 Å². The van der Waals surface area contributed by atoms with Gasteiger partial charge in [-0.05, 0) is 73.2 Å². The maximum atomic E-state index is 12.4. The highest BCUT2D eigenvalue weighted by Gasteiger charge is 2.07. The fraction of sp³-hybridized carbons (Fsp3) is 0.435. The predicted molar refractivity (Wildman–Crippen MR) is 111 cm³/mol. The summed E-state index contributed by atoms with van der Waals surface area (Å²) < 4.78 is 11.4. The molecule has 0 radical (unpaired) electrons. The molecule has 0 saturated carbocycles. The lowest BCUT2D eigenvalue weighted by Crippen LogP contribution is -2.11. The molecule has 146 valence electrons. The van der Waals surface area contributed by atoms with Gasteiger partial charge in [-0.2, -0.15) is 0 Å². The summed E-state index contributed by atoms with van der Waals surface area (Å²) in [6.45, 7) is 10.1. The van der Waals surface area contributed by atoms with Gasteiger partial charge in [0.1, 0.15) is 11.5 Å². The molecule has 0 saturated heterocycles. The van der Waals surface area contributed by atoms with Gasteiger partial charge in [0, 0.05) is 11.3 Å². The van der Waals surface area contributed by atoms with E-state index in [9.17, 15) is 4.79 Å². The van der Waals surface area contributed by atoms with Crippen molar-refractivity contribution in [3.63, 3.8) is 0 Å². The smallest absolute Gasteiger partial charge is 0.255 e. The summed E-state index contributed by atoms with van der Waals surface area (Å²) in [7, 11) is 0. The van der Waals surface area contributed by atoms with Crippen LogP contribution in [-0.4, -0.2) is 19.1 Å². The third kappa shape index (κ3) is 7.73. The normalized spacial score (nSPS) is 10.9. The van der Waals surface area contributed by atoms with Crippen molar-refractivity contribution in [1.29, 1.82) is 0 Å². The van der Waals surface area contributed by atoms with Crippen LogP contribution in [0, 0.1) is 11.8 Å². The average Bonchev–Trinajstić information content (AvgIpc) is 2.63. The summed E-state index contributed by atoms with van der Waals surface area (Å²) in [5, 5.41) is 2.90. The van der Waals surface area contributed by atoms with Gasteiger partial charge >= 0.3 is 0 Å². The van der Waals surface area contributed by atoms with E-state index in [1.54, 1.807) is 12.1 Å². The Morgan fingerprint density at radius 2 is 1.22 bits per heavy atom. The Balaban J connectivity index is 1.83. The van der Waals surface area contributed by atoms with E-state index in [1.165, 1.54) is 0 Å². The lowest BCUT2D eigenvalue weighted by atomic mass is 10.1. The molecule has 0 aliphatic heterocycles. The third-order valence-corrected chi connectivity index (χ3v) is 4.16. The van der Waals surface area contributed by atoms with Crippen molar-refractivity contribution in [2.45, 2.75) is 40.5 Å². The van der Waals surface area contributed by atoms with E-state index in [-0.39, 0.29) is 5.91 Å². The van der Waals surface area contributed by atoms with Gasteiger partial charge < -0.3 is 14.8 Å². The molecular formula is C23H31NO3. The number of carbonyl (C=O) groups excluding carboxylic acids is 1. The lowest BCUT2D eigenvalue weighted by Gasteiger charge is -2.10. The van der Waals surface area contributed by atoms with Crippen LogP contribution < -0.4 is 14.8 Å². The van der Waals surface area contributed by atoms with E-state index >= 15 is 0 Å². The highest BCUT2D eigenvalue weighted by atomic mass is 16.5. The maximum Gasteiger partial charge on any atom is 0.255 e. The van der Waals surface area contributed by atoms with Gasteiger partial charge in [-0.1, -0.05) is 27.7 Å². The van der Waals surface area contributed by atoms with E-state index in [0.717, 1.165) is 30.0 Å². The largest absolute Gasteiger partial charge is 0.494 e. The summed E-state index contributed by atoms with van der Waals surface area (Å²) in [5.74, 6) is 2.70. The van der Waals surface area contributed by atoms with Crippen molar-refractivity contribution in [3.8, 4) is 11.5 Å². The number of ether oxygens (including phenoxy) is 2. The Morgan fingerprint density at radius 1 is 0.778 bits per heavy atom. The average molecular weight is 370 g/mol. The molecule has 0 aromatic heterocycles. The second-order valence-electron chi connectivity index (χ2n) is 7.56. The number of hydrogen-bond donors (Lipinski definition) is 1. The molecule has 0 bridgehead atoms. The first-order chi connectivity index (χ1) is 12.9. The quantitative estimate of drug-likeness (QED) is 0.577. The summed E-state index contributed by atoms with van der Waals surface area (Å²) in [6, 6.07) is 14.7. The van der Waals surface area contributed by atoms with E-state index in [1.807, 2.05) is 36.4 Å². The van der Waals surface area contributed by atoms with Crippen LogP contribution >= 0.6 is 0 Å². The molecule has 0 heterocycles. The third-order valence-electron chi connectivity index (χ3n) is 4.16. The Labute approximate surface area is 162 Å². The molecule has 2 rings (SSSR count). The van der Waals surface area contributed by atoms with E-state index in [4.69, 9.17) is 9.47 Å². The van der Waals surface area contributed by atoms with Crippen LogP contribution in [-0.2, 0) is 0 Å². The minimum absolute atomic E-state index is 0.141. The zero-order valence-electron chi connectivity index (χ0n) is 16.8. The topological polar surface area (TPSA) is 47.6 Å². The van der Waals surface area contributed by atoms with Gasteiger partial charge in [0.15, 0.2) is 0 Å². The van der Waals surface area contributed by atoms with Gasteiger partial charge in [-0.15, -0.1) is 0 Å². The number of carbonyl (C=O) groups is 1. The van der Waals surface area contributed by atoms with E-state index in [2.05, 4.69) is 33.0 Å². The van der Waals surface area contributed by atoms with Crippen molar-refractivity contribution in [3.05, 3.63) is 54.1 Å². The highest BCUT2D eigenvalue weighted by Crippen LogP contribution is 2.18. The van der Waals surface area contributed by atoms with Gasteiger partial charge in [0.2, 0.25) is 0 Å². The molecule has 2 aromatic carbocycles. The number of rotatable bonds is 10. The molecule has 1 amide bonds. The van der Waals surface area contributed by atoms with E-state index in [0.29, 0.717) is 30.6 Å². The first-order valence-corrected chi connectivity index (χ1v) is 9.71. The van der Waals surface area contributed by atoms with Crippen LogP contribution in [0.5, 0.6) is 11.5 Å². The second-order valence-corrected chi connectivity index (χ2v) is 7.56. The number of hydrogen-bond acceptors (Lipinski definition) is 3. The van der Waals surface area contributed by atoms with Crippen molar-refractivity contribution < 1.29 is 14.3 Å². The zero-order chi connectivity index (χ0) is 19.6. The van der Waals surface area contributed by atoms with Crippen molar-refractivity contribution in [1.82, 2.24) is 0 Å².